The quantitative estimate of drug-likeness (QED) is 0.734. The summed E-state index contributed by atoms with van der Waals surface area (Å²) in [5.74, 6) is 1.70. The summed E-state index contributed by atoms with van der Waals surface area (Å²) in [4.78, 5) is 17.1. The predicted molar refractivity (Wildman–Crippen MR) is 97.4 cm³/mol. The van der Waals surface area contributed by atoms with E-state index in [4.69, 9.17) is 13.9 Å². The van der Waals surface area contributed by atoms with Gasteiger partial charge in [-0.05, 0) is 19.1 Å². The number of benzene rings is 2. The van der Waals surface area contributed by atoms with Crippen molar-refractivity contribution in [2.75, 3.05) is 14.2 Å². The third kappa shape index (κ3) is 3.54. The van der Waals surface area contributed by atoms with Crippen molar-refractivity contribution in [3.63, 3.8) is 0 Å². The lowest BCUT2D eigenvalue weighted by molar-refractivity contribution is 0.0941. The van der Waals surface area contributed by atoms with Gasteiger partial charge in [0, 0.05) is 5.56 Å². The van der Waals surface area contributed by atoms with Crippen molar-refractivity contribution in [2.45, 2.75) is 13.5 Å². The summed E-state index contributed by atoms with van der Waals surface area (Å²) in [5, 5.41) is 2.80. The topological polar surface area (TPSA) is 73.6 Å². The molecule has 0 radical (unpaired) electrons. The summed E-state index contributed by atoms with van der Waals surface area (Å²) in [6.45, 7) is 2.01. The molecule has 6 nitrogen and oxygen atoms in total. The number of ether oxygens (including phenoxy) is 2. The van der Waals surface area contributed by atoms with Gasteiger partial charge in [-0.1, -0.05) is 36.4 Å². The maximum atomic E-state index is 12.6. The number of carbonyl (C=O) groups excluding carboxylic acids is 1. The van der Waals surface area contributed by atoms with Gasteiger partial charge >= 0.3 is 0 Å². The first-order chi connectivity index (χ1) is 12.6. The molecule has 0 spiro atoms. The Balaban J connectivity index is 1.77. The third-order valence-electron chi connectivity index (χ3n) is 3.94. The van der Waals surface area contributed by atoms with Gasteiger partial charge in [-0.3, -0.25) is 4.79 Å². The number of nitrogens with one attached hydrogen (secondary N) is 1. The number of hydrogen-bond acceptors (Lipinski definition) is 5. The number of aryl methyl sites for hydroxylation is 1. The maximum absolute atomic E-state index is 12.6. The van der Waals surface area contributed by atoms with E-state index in [2.05, 4.69) is 10.3 Å². The van der Waals surface area contributed by atoms with Gasteiger partial charge in [-0.25, -0.2) is 4.98 Å². The first-order valence-electron chi connectivity index (χ1n) is 8.15. The molecule has 0 aliphatic rings. The number of oxazole rings is 1. The molecule has 0 saturated carbocycles. The van der Waals surface area contributed by atoms with Gasteiger partial charge in [0.25, 0.3) is 5.91 Å². The highest BCUT2D eigenvalue weighted by molar-refractivity contribution is 5.99. The fourth-order valence-corrected chi connectivity index (χ4v) is 2.71. The number of amides is 1. The number of aromatic nitrogens is 1. The summed E-state index contributed by atoms with van der Waals surface area (Å²) < 4.78 is 16.2. The van der Waals surface area contributed by atoms with E-state index in [0.29, 0.717) is 28.7 Å². The maximum Gasteiger partial charge on any atom is 0.259 e. The second-order valence-electron chi connectivity index (χ2n) is 5.60. The molecular weight excluding hydrogens is 332 g/mol. The predicted octanol–water partition coefficient (Wildman–Crippen LogP) is 3.60. The number of carbonyl (C=O) groups is 1. The van der Waals surface area contributed by atoms with Crippen LogP contribution in [0.2, 0.25) is 0 Å². The smallest absolute Gasteiger partial charge is 0.259 e. The Hall–Kier alpha value is -3.28. The third-order valence-corrected chi connectivity index (χ3v) is 3.94. The lowest BCUT2D eigenvalue weighted by atomic mass is 10.1. The Morgan fingerprint density at radius 3 is 2.31 bits per heavy atom. The molecule has 0 aliphatic carbocycles. The van der Waals surface area contributed by atoms with Gasteiger partial charge < -0.3 is 19.2 Å². The fraction of sp³-hybridized carbons (Fsp3) is 0.200. The summed E-state index contributed by atoms with van der Waals surface area (Å²) >= 11 is 0. The van der Waals surface area contributed by atoms with Crippen LogP contribution in [0.3, 0.4) is 0 Å². The molecule has 3 rings (SSSR count). The lowest BCUT2D eigenvalue weighted by Gasteiger charge is -2.12. The van der Waals surface area contributed by atoms with Crippen molar-refractivity contribution >= 4 is 5.91 Å². The monoisotopic (exact) mass is 352 g/mol. The van der Waals surface area contributed by atoms with Crippen LogP contribution in [0.1, 0.15) is 22.0 Å². The van der Waals surface area contributed by atoms with Crippen LogP contribution >= 0.6 is 0 Å². The average Bonchev–Trinajstić information content (AvgIpc) is 3.06. The first-order valence-corrected chi connectivity index (χ1v) is 8.15. The molecule has 134 valence electrons. The van der Waals surface area contributed by atoms with E-state index in [1.165, 1.54) is 14.2 Å². The molecule has 6 heteroatoms. The highest BCUT2D eigenvalue weighted by atomic mass is 16.5. The molecule has 1 heterocycles. The average molecular weight is 352 g/mol. The van der Waals surface area contributed by atoms with Crippen LogP contribution in [0.4, 0.5) is 0 Å². The van der Waals surface area contributed by atoms with Crippen molar-refractivity contribution in [3.05, 3.63) is 65.7 Å². The van der Waals surface area contributed by atoms with Crippen LogP contribution in [0.15, 0.2) is 52.9 Å². The molecule has 0 unspecified atom stereocenters. The van der Waals surface area contributed by atoms with Gasteiger partial charge in [0.1, 0.15) is 28.5 Å². The highest BCUT2D eigenvalue weighted by Gasteiger charge is 2.19. The Bertz CT molecular complexity index is 881. The molecule has 0 aliphatic heterocycles. The molecular formula is C20H20N2O4. The summed E-state index contributed by atoms with van der Waals surface area (Å²) in [6, 6.07) is 14.9. The molecule has 0 atom stereocenters. The van der Waals surface area contributed by atoms with Crippen LogP contribution in [-0.2, 0) is 6.54 Å². The van der Waals surface area contributed by atoms with Crippen LogP contribution in [0.25, 0.3) is 11.3 Å². The normalized spacial score (nSPS) is 10.4. The summed E-state index contributed by atoms with van der Waals surface area (Å²) in [7, 11) is 3.02. The Morgan fingerprint density at radius 2 is 1.69 bits per heavy atom. The summed E-state index contributed by atoms with van der Waals surface area (Å²) in [6.07, 6.45) is 0. The van der Waals surface area contributed by atoms with E-state index in [-0.39, 0.29) is 12.5 Å². The molecule has 1 amide bonds. The van der Waals surface area contributed by atoms with E-state index in [1.54, 1.807) is 18.2 Å². The summed E-state index contributed by atoms with van der Waals surface area (Å²) in [5.41, 5.74) is 2.08. The Kier molecular flexibility index (Phi) is 5.22. The zero-order valence-electron chi connectivity index (χ0n) is 14.9. The zero-order valence-corrected chi connectivity index (χ0v) is 14.9. The van der Waals surface area contributed by atoms with Crippen molar-refractivity contribution in [2.24, 2.45) is 0 Å². The second-order valence-corrected chi connectivity index (χ2v) is 5.60. The Morgan fingerprint density at radius 1 is 1.04 bits per heavy atom. The molecule has 1 N–H and O–H groups in total. The van der Waals surface area contributed by atoms with E-state index in [1.807, 2.05) is 37.3 Å². The minimum Gasteiger partial charge on any atom is -0.496 e. The molecule has 0 fully saturated rings. The van der Waals surface area contributed by atoms with Crippen molar-refractivity contribution in [1.29, 1.82) is 0 Å². The minimum atomic E-state index is -0.323. The van der Waals surface area contributed by atoms with Gasteiger partial charge in [-0.2, -0.15) is 0 Å². The van der Waals surface area contributed by atoms with Crippen molar-refractivity contribution in [1.82, 2.24) is 10.3 Å². The first kappa shape index (κ1) is 17.5. The van der Waals surface area contributed by atoms with Crippen LogP contribution in [0.5, 0.6) is 11.5 Å². The van der Waals surface area contributed by atoms with Gasteiger partial charge in [0.2, 0.25) is 5.89 Å². The van der Waals surface area contributed by atoms with Gasteiger partial charge in [-0.15, -0.1) is 0 Å². The van der Waals surface area contributed by atoms with Crippen molar-refractivity contribution < 1.29 is 18.7 Å². The van der Waals surface area contributed by atoms with E-state index >= 15 is 0 Å². The van der Waals surface area contributed by atoms with Gasteiger partial charge in [0.15, 0.2) is 0 Å². The number of nitrogens with zero attached hydrogens (tertiary/aromatic N) is 1. The molecule has 1 aromatic heterocycles. The van der Waals surface area contributed by atoms with Crippen molar-refractivity contribution in [3.8, 4) is 22.8 Å². The fourth-order valence-electron chi connectivity index (χ4n) is 2.71. The SMILES string of the molecule is COc1cccc(OC)c1C(=O)NCc1nc(-c2ccccc2)c(C)o1. The second kappa shape index (κ2) is 7.74. The van der Waals surface area contributed by atoms with Crippen LogP contribution in [-0.4, -0.2) is 25.1 Å². The molecule has 2 aromatic carbocycles. The number of hydrogen-bond donors (Lipinski definition) is 1. The van der Waals surface area contributed by atoms with Crippen LogP contribution in [0, 0.1) is 6.92 Å². The van der Waals surface area contributed by atoms with E-state index < -0.39 is 0 Å². The molecule has 0 saturated heterocycles. The van der Waals surface area contributed by atoms with E-state index in [9.17, 15) is 4.79 Å². The number of rotatable bonds is 6. The van der Waals surface area contributed by atoms with E-state index in [0.717, 1.165) is 11.3 Å². The molecule has 3 aromatic rings. The molecule has 26 heavy (non-hydrogen) atoms. The Labute approximate surface area is 151 Å². The largest absolute Gasteiger partial charge is 0.496 e. The standard InChI is InChI=1S/C20H20N2O4/c1-13-19(14-8-5-4-6-9-14)22-17(26-13)12-21-20(23)18-15(24-2)10-7-11-16(18)25-3/h4-11H,12H2,1-3H3,(H,21,23). The lowest BCUT2D eigenvalue weighted by Crippen LogP contribution is -2.24. The number of methoxy groups -OCH3 is 2. The van der Waals surface area contributed by atoms with Crippen LogP contribution < -0.4 is 14.8 Å². The minimum absolute atomic E-state index is 0.160. The molecule has 0 bridgehead atoms. The van der Waals surface area contributed by atoms with Gasteiger partial charge in [0.05, 0.1) is 20.8 Å². The highest BCUT2D eigenvalue weighted by Crippen LogP contribution is 2.28. The zero-order chi connectivity index (χ0) is 18.5.